The number of nitrogens with two attached hydrogens (primary N) is 1. The number of anilines is 2. The van der Waals surface area contributed by atoms with E-state index >= 15 is 0 Å². The summed E-state index contributed by atoms with van der Waals surface area (Å²) in [5, 5.41) is 0. The first-order chi connectivity index (χ1) is 15.6. The first kappa shape index (κ1) is 21.5. The van der Waals surface area contributed by atoms with Crippen LogP contribution >= 0.6 is 0 Å². The number of nitrogen functional groups attached to an aromatic ring is 1. The molecule has 0 aliphatic carbocycles. The van der Waals surface area contributed by atoms with E-state index in [1.165, 1.54) is 6.07 Å². The van der Waals surface area contributed by atoms with Gasteiger partial charge in [-0.15, -0.1) is 0 Å². The average molecular weight is 432 g/mol. The number of ether oxygens (including phenoxy) is 1. The number of halogens is 1. The highest BCUT2D eigenvalue weighted by molar-refractivity contribution is 5.68. The van der Waals surface area contributed by atoms with Crippen molar-refractivity contribution in [1.82, 2.24) is 4.90 Å². The van der Waals surface area contributed by atoms with Crippen LogP contribution in [0.1, 0.15) is 18.4 Å². The molecule has 0 spiro atoms. The lowest BCUT2D eigenvalue weighted by Gasteiger charge is -2.27. The third-order valence-corrected chi connectivity index (χ3v) is 5.58. The van der Waals surface area contributed by atoms with E-state index in [1.54, 1.807) is 17.0 Å². The molecule has 164 valence electrons. The summed E-state index contributed by atoms with van der Waals surface area (Å²) < 4.78 is 19.5. The Morgan fingerprint density at radius 1 is 1.00 bits per heavy atom. The zero-order valence-electron chi connectivity index (χ0n) is 17.9. The van der Waals surface area contributed by atoms with Gasteiger partial charge in [-0.3, -0.25) is 0 Å². The lowest BCUT2D eigenvalue weighted by molar-refractivity contribution is 0.0992. The lowest BCUT2D eigenvalue weighted by Crippen LogP contribution is -2.35. The number of rotatable bonds is 3. The van der Waals surface area contributed by atoms with Crippen LogP contribution in [0.15, 0.2) is 71.8 Å². The molecule has 4 rings (SSSR count). The summed E-state index contributed by atoms with van der Waals surface area (Å²) in [6.45, 7) is 2.70. The standard InChI is InChI=1S/C26H26FN3O2/c27-24-18-23(28)8-9-25(24)29-14-10-20(11-15-29)6-7-21-12-16-30(17-13-21)26(31)32-19-22-4-2-1-3-5-22/h1-5,8-10,12,18H,11,13-17,19,28H2. The van der Waals surface area contributed by atoms with Crippen molar-refractivity contribution < 1.29 is 13.9 Å². The van der Waals surface area contributed by atoms with Gasteiger partial charge in [0.15, 0.2) is 0 Å². The van der Waals surface area contributed by atoms with Crippen molar-refractivity contribution in [1.29, 1.82) is 0 Å². The maximum absolute atomic E-state index is 14.1. The van der Waals surface area contributed by atoms with Crippen LogP contribution in [-0.2, 0) is 11.3 Å². The van der Waals surface area contributed by atoms with Crippen molar-refractivity contribution in [2.75, 3.05) is 36.8 Å². The molecule has 0 aromatic heterocycles. The zero-order valence-corrected chi connectivity index (χ0v) is 17.9. The van der Waals surface area contributed by atoms with Crippen molar-refractivity contribution in [2.24, 2.45) is 0 Å². The lowest BCUT2D eigenvalue weighted by atomic mass is 10.0. The van der Waals surface area contributed by atoms with Gasteiger partial charge in [-0.05, 0) is 36.6 Å². The van der Waals surface area contributed by atoms with Gasteiger partial charge in [-0.25, -0.2) is 9.18 Å². The maximum Gasteiger partial charge on any atom is 0.410 e. The molecule has 0 bridgehead atoms. The van der Waals surface area contributed by atoms with Crippen molar-refractivity contribution >= 4 is 17.5 Å². The molecule has 32 heavy (non-hydrogen) atoms. The largest absolute Gasteiger partial charge is 0.445 e. The first-order valence-electron chi connectivity index (χ1n) is 10.7. The van der Waals surface area contributed by atoms with E-state index in [1.807, 2.05) is 47.4 Å². The fraction of sp³-hybridized carbons (Fsp3) is 0.269. The summed E-state index contributed by atoms with van der Waals surface area (Å²) in [5.41, 5.74) is 9.68. The van der Waals surface area contributed by atoms with Crippen LogP contribution in [0.3, 0.4) is 0 Å². The molecule has 0 saturated heterocycles. The Morgan fingerprint density at radius 2 is 1.72 bits per heavy atom. The predicted octanol–water partition coefficient (Wildman–Crippen LogP) is 4.52. The molecular formula is C26H26FN3O2. The van der Waals surface area contributed by atoms with Crippen LogP contribution in [0.4, 0.5) is 20.6 Å². The van der Waals surface area contributed by atoms with Crippen LogP contribution in [0.25, 0.3) is 0 Å². The van der Waals surface area contributed by atoms with E-state index in [9.17, 15) is 9.18 Å². The Morgan fingerprint density at radius 3 is 2.34 bits per heavy atom. The molecule has 0 fully saturated rings. The van der Waals surface area contributed by atoms with Gasteiger partial charge < -0.3 is 20.3 Å². The van der Waals surface area contributed by atoms with E-state index in [2.05, 4.69) is 11.8 Å². The highest BCUT2D eigenvalue weighted by Gasteiger charge is 2.18. The number of benzene rings is 2. The summed E-state index contributed by atoms with van der Waals surface area (Å²) in [7, 11) is 0. The first-order valence-corrected chi connectivity index (χ1v) is 10.7. The predicted molar refractivity (Wildman–Crippen MR) is 124 cm³/mol. The van der Waals surface area contributed by atoms with Crippen LogP contribution < -0.4 is 10.6 Å². The van der Waals surface area contributed by atoms with E-state index in [0.717, 1.165) is 23.1 Å². The zero-order chi connectivity index (χ0) is 22.3. The van der Waals surface area contributed by atoms with Crippen LogP contribution in [0, 0.1) is 17.7 Å². The smallest absolute Gasteiger partial charge is 0.410 e. The number of hydrogen-bond donors (Lipinski definition) is 1. The number of carbonyl (C=O) groups is 1. The fourth-order valence-corrected chi connectivity index (χ4v) is 3.70. The molecule has 0 saturated carbocycles. The number of carbonyl (C=O) groups excluding carboxylic acids is 1. The van der Waals surface area contributed by atoms with Gasteiger partial charge in [0.2, 0.25) is 0 Å². The molecule has 2 heterocycles. The summed E-state index contributed by atoms with van der Waals surface area (Å²) in [4.78, 5) is 15.9. The molecule has 2 aromatic carbocycles. The third kappa shape index (κ3) is 5.50. The molecule has 6 heteroatoms. The molecule has 0 unspecified atom stereocenters. The normalized spacial score (nSPS) is 15.9. The van der Waals surface area contributed by atoms with Gasteiger partial charge >= 0.3 is 6.09 Å². The molecular weight excluding hydrogens is 405 g/mol. The Hall–Kier alpha value is -3.72. The van der Waals surface area contributed by atoms with Crippen LogP contribution in [-0.4, -0.2) is 37.2 Å². The Bertz CT molecular complexity index is 1100. The van der Waals surface area contributed by atoms with Crippen LogP contribution in [0.2, 0.25) is 0 Å². The minimum absolute atomic E-state index is 0.276. The molecule has 2 aliphatic rings. The highest BCUT2D eigenvalue weighted by atomic mass is 19.1. The van der Waals surface area contributed by atoms with Crippen molar-refractivity contribution in [2.45, 2.75) is 19.4 Å². The summed E-state index contributed by atoms with van der Waals surface area (Å²) in [6.07, 6.45) is 5.20. The summed E-state index contributed by atoms with van der Waals surface area (Å²) >= 11 is 0. The molecule has 2 aliphatic heterocycles. The molecule has 0 radical (unpaired) electrons. The Kier molecular flexibility index (Phi) is 6.76. The second kappa shape index (κ2) is 10.1. The number of hydrogen-bond acceptors (Lipinski definition) is 4. The van der Waals surface area contributed by atoms with E-state index in [0.29, 0.717) is 44.0 Å². The second-order valence-corrected chi connectivity index (χ2v) is 7.85. The highest BCUT2D eigenvalue weighted by Crippen LogP contribution is 2.24. The summed E-state index contributed by atoms with van der Waals surface area (Å²) in [6, 6.07) is 14.4. The average Bonchev–Trinajstić information content (AvgIpc) is 2.83. The van der Waals surface area contributed by atoms with Gasteiger partial charge in [-0.1, -0.05) is 54.3 Å². The van der Waals surface area contributed by atoms with Gasteiger partial charge in [-0.2, -0.15) is 0 Å². The number of amides is 1. The van der Waals surface area contributed by atoms with Crippen LogP contribution in [0.5, 0.6) is 0 Å². The van der Waals surface area contributed by atoms with Crippen molar-refractivity contribution in [3.63, 3.8) is 0 Å². The van der Waals surface area contributed by atoms with E-state index < -0.39 is 0 Å². The quantitative estimate of drug-likeness (QED) is 0.574. The summed E-state index contributed by atoms with van der Waals surface area (Å²) in [5.74, 6) is 6.18. The molecule has 5 nitrogen and oxygen atoms in total. The minimum Gasteiger partial charge on any atom is -0.445 e. The van der Waals surface area contributed by atoms with Gasteiger partial charge in [0.25, 0.3) is 0 Å². The molecule has 2 aromatic rings. The number of nitrogens with zero attached hydrogens (tertiary/aromatic N) is 2. The Labute approximate surface area is 188 Å². The van der Waals surface area contributed by atoms with Crippen molar-refractivity contribution in [3.05, 3.63) is 83.2 Å². The van der Waals surface area contributed by atoms with Gasteiger partial charge in [0.05, 0.1) is 5.69 Å². The van der Waals surface area contributed by atoms with Gasteiger partial charge in [0.1, 0.15) is 12.4 Å². The minimum atomic E-state index is -0.304. The second-order valence-electron chi connectivity index (χ2n) is 7.85. The van der Waals surface area contributed by atoms with Gasteiger partial charge in [0, 0.05) is 43.0 Å². The fourth-order valence-electron chi connectivity index (χ4n) is 3.70. The molecule has 2 N–H and O–H groups in total. The Balaban J connectivity index is 1.28. The van der Waals surface area contributed by atoms with E-state index in [-0.39, 0.29) is 18.5 Å². The molecule has 0 atom stereocenters. The maximum atomic E-state index is 14.1. The monoisotopic (exact) mass is 431 g/mol. The topological polar surface area (TPSA) is 58.8 Å². The molecule has 1 amide bonds. The van der Waals surface area contributed by atoms with Crippen molar-refractivity contribution in [3.8, 4) is 11.8 Å². The SMILES string of the molecule is Nc1ccc(N2CC=C(C#CC3=CCN(C(=O)OCc4ccccc4)CC3)CC2)c(F)c1. The van der Waals surface area contributed by atoms with E-state index in [4.69, 9.17) is 10.5 Å². The third-order valence-electron chi connectivity index (χ3n) is 5.58.